The predicted octanol–water partition coefficient (Wildman–Crippen LogP) is 2.73. The average Bonchev–Trinajstić information content (AvgIpc) is 2.91. The van der Waals surface area contributed by atoms with E-state index in [-0.39, 0.29) is 5.97 Å². The van der Waals surface area contributed by atoms with Crippen LogP contribution in [0.15, 0.2) is 24.5 Å². The summed E-state index contributed by atoms with van der Waals surface area (Å²) in [5.41, 5.74) is 2.31. The number of hydrogen-bond donors (Lipinski definition) is 0. The summed E-state index contributed by atoms with van der Waals surface area (Å²) in [6.07, 6.45) is 6.39. The van der Waals surface area contributed by atoms with Gasteiger partial charge in [0.25, 0.3) is 0 Å². The maximum Gasteiger partial charge on any atom is 0.341 e. The molecule has 3 rings (SSSR count). The maximum atomic E-state index is 11.7. The summed E-state index contributed by atoms with van der Waals surface area (Å²) < 4.78 is 6.72. The summed E-state index contributed by atoms with van der Waals surface area (Å²) >= 11 is 1.98. The molecule has 2 aromatic heterocycles. The summed E-state index contributed by atoms with van der Waals surface area (Å²) in [6.45, 7) is 0. The largest absolute Gasteiger partial charge is 0.465 e. The van der Waals surface area contributed by atoms with Crippen molar-refractivity contribution in [3.8, 4) is 0 Å². The Kier molecular flexibility index (Phi) is 3.46. The number of carbonyl (C=O) groups excluding carboxylic acids is 1. The Morgan fingerprint density at radius 1 is 1.58 bits per heavy atom. The second-order valence-corrected chi connectivity index (χ2v) is 5.87. The quantitative estimate of drug-likeness (QED) is 0.791. The van der Waals surface area contributed by atoms with Gasteiger partial charge in [-0.05, 0) is 30.7 Å². The van der Waals surface area contributed by atoms with Crippen LogP contribution in [0.25, 0.3) is 5.65 Å². The zero-order valence-corrected chi connectivity index (χ0v) is 11.7. The van der Waals surface area contributed by atoms with E-state index in [1.807, 2.05) is 34.6 Å². The number of ether oxygens (including phenoxy) is 1. The summed E-state index contributed by atoms with van der Waals surface area (Å²) in [6, 6.07) is 3.61. The van der Waals surface area contributed by atoms with Crippen LogP contribution in [0, 0.1) is 0 Å². The first-order chi connectivity index (χ1) is 9.29. The number of methoxy groups -OCH3 is 1. The molecule has 5 heteroatoms. The first-order valence-corrected chi connectivity index (χ1v) is 7.58. The van der Waals surface area contributed by atoms with E-state index in [0.717, 1.165) is 11.4 Å². The van der Waals surface area contributed by atoms with Gasteiger partial charge in [0.05, 0.1) is 12.8 Å². The third-order valence-electron chi connectivity index (χ3n) is 3.49. The summed E-state index contributed by atoms with van der Waals surface area (Å²) in [5, 5.41) is 0. The molecule has 0 bridgehead atoms. The predicted molar refractivity (Wildman–Crippen MR) is 75.8 cm³/mol. The maximum absolute atomic E-state index is 11.7. The number of carbonyl (C=O) groups is 1. The first kappa shape index (κ1) is 12.5. The normalized spacial score (nSPS) is 19.5. The molecule has 3 heterocycles. The van der Waals surface area contributed by atoms with E-state index in [2.05, 4.69) is 4.98 Å². The molecule has 1 aliphatic heterocycles. The summed E-state index contributed by atoms with van der Waals surface area (Å²) in [7, 11) is 1.40. The Morgan fingerprint density at radius 2 is 2.47 bits per heavy atom. The van der Waals surface area contributed by atoms with E-state index in [0.29, 0.717) is 17.1 Å². The number of rotatable bonds is 2. The van der Waals surface area contributed by atoms with Crippen LogP contribution in [0.5, 0.6) is 0 Å². The number of thioether (sulfide) groups is 1. The van der Waals surface area contributed by atoms with Crippen molar-refractivity contribution in [3.05, 3.63) is 35.8 Å². The van der Waals surface area contributed by atoms with Crippen LogP contribution in [-0.2, 0) is 4.74 Å². The molecule has 19 heavy (non-hydrogen) atoms. The van der Waals surface area contributed by atoms with Gasteiger partial charge in [-0.15, -0.1) is 0 Å². The van der Waals surface area contributed by atoms with Gasteiger partial charge in [-0.1, -0.05) is 0 Å². The average molecular weight is 276 g/mol. The van der Waals surface area contributed by atoms with Crippen molar-refractivity contribution in [1.29, 1.82) is 0 Å². The van der Waals surface area contributed by atoms with E-state index in [1.54, 1.807) is 6.07 Å². The van der Waals surface area contributed by atoms with E-state index >= 15 is 0 Å². The number of aromatic nitrogens is 2. The molecule has 0 N–H and O–H groups in total. The molecule has 1 fully saturated rings. The molecule has 0 aromatic carbocycles. The smallest absolute Gasteiger partial charge is 0.341 e. The van der Waals surface area contributed by atoms with Gasteiger partial charge in [0.2, 0.25) is 0 Å². The monoisotopic (exact) mass is 276 g/mol. The molecule has 100 valence electrons. The minimum absolute atomic E-state index is 0.333. The molecule has 1 saturated heterocycles. The van der Waals surface area contributed by atoms with Crippen molar-refractivity contribution >= 4 is 23.4 Å². The summed E-state index contributed by atoms with van der Waals surface area (Å²) in [5.74, 6) is 2.54. The minimum atomic E-state index is -0.333. The fourth-order valence-corrected chi connectivity index (χ4v) is 3.63. The van der Waals surface area contributed by atoms with Crippen molar-refractivity contribution in [1.82, 2.24) is 9.38 Å². The van der Waals surface area contributed by atoms with Crippen LogP contribution >= 0.6 is 11.8 Å². The number of esters is 1. The molecule has 4 nitrogen and oxygen atoms in total. The molecule has 1 aliphatic rings. The Morgan fingerprint density at radius 3 is 3.21 bits per heavy atom. The minimum Gasteiger partial charge on any atom is -0.465 e. The first-order valence-electron chi connectivity index (χ1n) is 6.43. The van der Waals surface area contributed by atoms with Crippen molar-refractivity contribution < 1.29 is 9.53 Å². The second kappa shape index (κ2) is 5.25. The Labute approximate surface area is 116 Å². The van der Waals surface area contributed by atoms with Crippen LogP contribution in [0.2, 0.25) is 0 Å². The zero-order chi connectivity index (χ0) is 13.2. The van der Waals surface area contributed by atoms with Gasteiger partial charge in [0.15, 0.2) is 5.65 Å². The van der Waals surface area contributed by atoms with Crippen LogP contribution in [-0.4, -0.2) is 34.0 Å². The molecule has 0 aliphatic carbocycles. The van der Waals surface area contributed by atoms with Gasteiger partial charge >= 0.3 is 5.97 Å². The van der Waals surface area contributed by atoms with Crippen molar-refractivity contribution in [2.24, 2.45) is 0 Å². The number of fused-ring (bicyclic) bond motifs is 1. The van der Waals surface area contributed by atoms with Crippen LogP contribution < -0.4 is 0 Å². The number of nitrogens with zero attached hydrogens (tertiary/aromatic N) is 2. The number of imidazole rings is 1. The highest BCUT2D eigenvalue weighted by Gasteiger charge is 2.20. The molecular weight excluding hydrogens is 260 g/mol. The van der Waals surface area contributed by atoms with Gasteiger partial charge in [-0.2, -0.15) is 11.8 Å². The highest BCUT2D eigenvalue weighted by Crippen LogP contribution is 2.31. The fourth-order valence-electron chi connectivity index (χ4n) is 2.47. The molecule has 1 unspecified atom stereocenters. The third kappa shape index (κ3) is 2.34. The topological polar surface area (TPSA) is 43.6 Å². The zero-order valence-electron chi connectivity index (χ0n) is 10.8. The number of hydrogen-bond acceptors (Lipinski definition) is 4. The van der Waals surface area contributed by atoms with Gasteiger partial charge in [0, 0.05) is 24.1 Å². The van der Waals surface area contributed by atoms with E-state index < -0.39 is 0 Å². The van der Waals surface area contributed by atoms with Gasteiger partial charge in [0.1, 0.15) is 5.56 Å². The van der Waals surface area contributed by atoms with Gasteiger partial charge in [-0.3, -0.25) is 0 Å². The van der Waals surface area contributed by atoms with Gasteiger partial charge < -0.3 is 9.14 Å². The highest BCUT2D eigenvalue weighted by atomic mass is 32.2. The Hall–Kier alpha value is -1.49. The fraction of sp³-hybridized carbons (Fsp3) is 0.429. The van der Waals surface area contributed by atoms with Crippen molar-refractivity contribution in [2.45, 2.75) is 18.8 Å². The summed E-state index contributed by atoms with van der Waals surface area (Å²) in [4.78, 5) is 16.4. The molecule has 2 aromatic rings. The van der Waals surface area contributed by atoms with Crippen LogP contribution in [0.4, 0.5) is 0 Å². The molecule has 0 amide bonds. The Bertz CT molecular complexity index is 603. The molecular formula is C14H16N2O2S. The van der Waals surface area contributed by atoms with E-state index in [1.165, 1.54) is 25.7 Å². The van der Waals surface area contributed by atoms with Gasteiger partial charge in [-0.25, -0.2) is 9.78 Å². The third-order valence-corrected chi connectivity index (χ3v) is 4.70. The van der Waals surface area contributed by atoms with Crippen LogP contribution in [0.1, 0.15) is 34.8 Å². The lowest BCUT2D eigenvalue weighted by molar-refractivity contribution is 0.0602. The van der Waals surface area contributed by atoms with E-state index in [9.17, 15) is 4.79 Å². The lowest BCUT2D eigenvalue weighted by atomic mass is 10.0. The molecule has 1 atom stereocenters. The Balaban J connectivity index is 2.02. The lowest BCUT2D eigenvalue weighted by Crippen LogP contribution is -2.08. The van der Waals surface area contributed by atoms with Crippen molar-refractivity contribution in [3.63, 3.8) is 0 Å². The number of pyridine rings is 1. The standard InChI is InChI=1S/C14H16N2O2S/c1-18-14(17)11-5-2-6-16-8-12(15-13(11)16)10-4-3-7-19-9-10/h2,5-6,8,10H,3-4,7,9H2,1H3. The SMILES string of the molecule is COC(=O)c1cccn2cc(C3CCCSC3)nc12. The van der Waals surface area contributed by atoms with Crippen LogP contribution in [0.3, 0.4) is 0 Å². The van der Waals surface area contributed by atoms with E-state index in [4.69, 9.17) is 4.74 Å². The molecule has 0 saturated carbocycles. The lowest BCUT2D eigenvalue weighted by Gasteiger charge is -2.18. The molecule has 0 spiro atoms. The van der Waals surface area contributed by atoms with Crippen molar-refractivity contribution in [2.75, 3.05) is 18.6 Å². The molecule has 0 radical (unpaired) electrons. The second-order valence-electron chi connectivity index (χ2n) is 4.72. The highest BCUT2D eigenvalue weighted by molar-refractivity contribution is 7.99.